The molecule has 0 saturated heterocycles. The first-order valence-corrected chi connectivity index (χ1v) is 15.1. The van der Waals surface area contributed by atoms with Crippen molar-refractivity contribution in [3.8, 4) is 5.75 Å². The number of nitrogens with one attached hydrogen (secondary N) is 1. The molecule has 6 heteroatoms. The lowest BCUT2D eigenvalue weighted by atomic mass is 9.71. The van der Waals surface area contributed by atoms with Crippen LogP contribution in [0.2, 0.25) is 5.02 Å². The molecule has 2 aliphatic heterocycles. The number of nitrogens with zero attached hydrogens (tertiary/aromatic N) is 1. The SMILES string of the molecule is CCCc1cc(Cl)ccc1C1COc2ccc3cc2N(C1)CC1CCC1C/C=C/CCC(C)C(=O)NS3. The van der Waals surface area contributed by atoms with Gasteiger partial charge in [-0.2, -0.15) is 0 Å². The van der Waals surface area contributed by atoms with E-state index >= 15 is 0 Å². The molecule has 4 nitrogen and oxygen atoms in total. The molecule has 2 bridgehead atoms. The highest BCUT2D eigenvalue weighted by molar-refractivity contribution is 7.98. The van der Waals surface area contributed by atoms with Crippen LogP contribution in [0.3, 0.4) is 0 Å². The van der Waals surface area contributed by atoms with E-state index in [2.05, 4.69) is 59.0 Å². The van der Waals surface area contributed by atoms with Crippen molar-refractivity contribution in [3.63, 3.8) is 0 Å². The minimum atomic E-state index is -0.000355. The minimum Gasteiger partial charge on any atom is -0.491 e. The summed E-state index contributed by atoms with van der Waals surface area (Å²) in [4.78, 5) is 16.3. The van der Waals surface area contributed by atoms with Gasteiger partial charge in [-0.25, -0.2) is 0 Å². The van der Waals surface area contributed by atoms with Crippen molar-refractivity contribution in [1.82, 2.24) is 4.72 Å². The van der Waals surface area contributed by atoms with E-state index < -0.39 is 0 Å². The third kappa shape index (κ3) is 6.31. The van der Waals surface area contributed by atoms with Gasteiger partial charge in [0.2, 0.25) is 5.91 Å². The number of allylic oxidation sites excluding steroid dienone is 2. The van der Waals surface area contributed by atoms with Crippen LogP contribution < -0.4 is 14.4 Å². The lowest BCUT2D eigenvalue weighted by molar-refractivity contribution is -0.122. The molecule has 5 rings (SSSR count). The lowest BCUT2D eigenvalue weighted by Gasteiger charge is -2.41. The molecule has 3 aliphatic rings. The number of anilines is 1. The van der Waals surface area contributed by atoms with Gasteiger partial charge in [0, 0.05) is 34.8 Å². The molecule has 4 atom stereocenters. The zero-order valence-corrected chi connectivity index (χ0v) is 23.6. The third-order valence-corrected chi connectivity index (χ3v) is 9.36. The smallest absolute Gasteiger partial charge is 0.232 e. The molecule has 37 heavy (non-hydrogen) atoms. The minimum absolute atomic E-state index is 0.000355. The summed E-state index contributed by atoms with van der Waals surface area (Å²) in [7, 11) is 0. The van der Waals surface area contributed by atoms with Crippen LogP contribution in [0.15, 0.2) is 53.4 Å². The number of rotatable bonds is 3. The molecule has 1 fully saturated rings. The highest BCUT2D eigenvalue weighted by Gasteiger charge is 2.34. The van der Waals surface area contributed by atoms with Gasteiger partial charge < -0.3 is 9.64 Å². The van der Waals surface area contributed by atoms with Crippen LogP contribution in [-0.2, 0) is 11.2 Å². The monoisotopic (exact) mass is 538 g/mol. The fourth-order valence-corrected chi connectivity index (χ4v) is 6.83. The van der Waals surface area contributed by atoms with Crippen molar-refractivity contribution in [2.45, 2.75) is 69.6 Å². The molecule has 1 N–H and O–H groups in total. The number of carbonyl (C=O) groups excluding carboxylic acids is 1. The predicted molar refractivity (Wildman–Crippen MR) is 155 cm³/mol. The Bertz CT molecular complexity index is 1140. The fraction of sp³-hybridized carbons (Fsp3) is 0.516. The third-order valence-electron chi connectivity index (χ3n) is 8.33. The Hall–Kier alpha value is -2.11. The standard InChI is InChI=1S/C31H39ClN2O2S/c1-3-7-23-16-26(32)12-14-28(23)25-19-34-18-24-11-10-22(24)9-6-4-5-8-21(2)31(35)33-37-27-13-15-30(36-20-25)29(34)17-27/h4,6,12-17,21-22,24-25H,3,5,7-11,18-20H2,1-2H3,(H,33,35)/b6-4+. The maximum Gasteiger partial charge on any atom is 0.232 e. The number of hydrogen-bond donors (Lipinski definition) is 1. The number of halogens is 1. The Balaban J connectivity index is 1.47. The molecule has 2 aromatic carbocycles. The van der Waals surface area contributed by atoms with Gasteiger partial charge in [0.1, 0.15) is 5.75 Å². The predicted octanol–water partition coefficient (Wildman–Crippen LogP) is 7.80. The molecule has 0 spiro atoms. The van der Waals surface area contributed by atoms with E-state index in [-0.39, 0.29) is 17.7 Å². The molecule has 198 valence electrons. The van der Waals surface area contributed by atoms with Crippen molar-refractivity contribution < 1.29 is 9.53 Å². The summed E-state index contributed by atoms with van der Waals surface area (Å²) in [6, 6.07) is 12.7. The van der Waals surface area contributed by atoms with Crippen molar-refractivity contribution in [2.24, 2.45) is 17.8 Å². The largest absolute Gasteiger partial charge is 0.491 e. The number of carbonyl (C=O) groups is 1. The zero-order valence-electron chi connectivity index (χ0n) is 22.0. The Labute approximate surface area is 231 Å². The number of aryl methyl sites for hydroxylation is 1. The van der Waals surface area contributed by atoms with E-state index in [1.807, 2.05) is 13.0 Å². The highest BCUT2D eigenvalue weighted by Crippen LogP contribution is 2.43. The Kier molecular flexibility index (Phi) is 8.71. The molecule has 4 unspecified atom stereocenters. The average Bonchev–Trinajstić information content (AvgIpc) is 3.06. The number of ether oxygens (including phenoxy) is 1. The van der Waals surface area contributed by atoms with Gasteiger partial charge in [-0.05, 0) is 104 Å². The van der Waals surface area contributed by atoms with Gasteiger partial charge in [0.15, 0.2) is 0 Å². The number of hydrogen-bond acceptors (Lipinski definition) is 4. The van der Waals surface area contributed by atoms with Gasteiger partial charge in [-0.15, -0.1) is 0 Å². The van der Waals surface area contributed by atoms with Crippen LogP contribution in [0.5, 0.6) is 5.75 Å². The quantitative estimate of drug-likeness (QED) is 0.320. The topological polar surface area (TPSA) is 41.6 Å². The van der Waals surface area contributed by atoms with E-state index in [0.29, 0.717) is 12.5 Å². The van der Waals surface area contributed by atoms with Gasteiger partial charge in [0.05, 0.1) is 12.3 Å². The van der Waals surface area contributed by atoms with Crippen molar-refractivity contribution in [2.75, 3.05) is 24.6 Å². The summed E-state index contributed by atoms with van der Waals surface area (Å²) in [5, 5.41) is 0.804. The maximum atomic E-state index is 12.7. The number of amides is 1. The summed E-state index contributed by atoms with van der Waals surface area (Å²) in [6.45, 7) is 6.85. The molecule has 1 saturated carbocycles. The van der Waals surface area contributed by atoms with Crippen LogP contribution in [0.1, 0.15) is 69.4 Å². The normalized spacial score (nSPS) is 27.2. The van der Waals surface area contributed by atoms with Gasteiger partial charge in [-0.1, -0.05) is 50.1 Å². The summed E-state index contributed by atoms with van der Waals surface area (Å²) < 4.78 is 9.56. The number of fused-ring (bicyclic) bond motifs is 2. The van der Waals surface area contributed by atoms with E-state index in [9.17, 15) is 4.79 Å². The van der Waals surface area contributed by atoms with Crippen LogP contribution in [0.25, 0.3) is 0 Å². The van der Waals surface area contributed by atoms with Crippen LogP contribution >= 0.6 is 23.5 Å². The molecule has 0 radical (unpaired) electrons. The molecule has 1 aliphatic carbocycles. The van der Waals surface area contributed by atoms with Crippen LogP contribution in [0, 0.1) is 17.8 Å². The summed E-state index contributed by atoms with van der Waals surface area (Å²) in [5.74, 6) is 2.74. The molecular formula is C31H39ClN2O2S. The Morgan fingerprint density at radius 3 is 2.76 bits per heavy atom. The number of benzene rings is 2. The Morgan fingerprint density at radius 2 is 1.95 bits per heavy atom. The molecule has 1 amide bonds. The van der Waals surface area contributed by atoms with Gasteiger partial charge in [0.25, 0.3) is 0 Å². The average molecular weight is 539 g/mol. The van der Waals surface area contributed by atoms with E-state index in [0.717, 1.165) is 72.5 Å². The second-order valence-electron chi connectivity index (χ2n) is 11.0. The van der Waals surface area contributed by atoms with Gasteiger partial charge >= 0.3 is 0 Å². The van der Waals surface area contributed by atoms with Crippen LogP contribution in [0.4, 0.5) is 5.69 Å². The van der Waals surface area contributed by atoms with Crippen molar-refractivity contribution >= 4 is 35.1 Å². The van der Waals surface area contributed by atoms with Crippen molar-refractivity contribution in [1.29, 1.82) is 0 Å². The van der Waals surface area contributed by atoms with Gasteiger partial charge in [-0.3, -0.25) is 9.52 Å². The van der Waals surface area contributed by atoms with Crippen molar-refractivity contribution in [3.05, 3.63) is 64.7 Å². The fourth-order valence-electron chi connectivity index (χ4n) is 5.90. The van der Waals surface area contributed by atoms with E-state index in [1.54, 1.807) is 0 Å². The highest BCUT2D eigenvalue weighted by atomic mass is 35.5. The van der Waals surface area contributed by atoms with Crippen LogP contribution in [-0.4, -0.2) is 25.6 Å². The first kappa shape index (κ1) is 26.5. The summed E-state index contributed by atoms with van der Waals surface area (Å²) in [6.07, 6.45) is 12.3. The maximum absolute atomic E-state index is 12.7. The Morgan fingerprint density at radius 1 is 1.08 bits per heavy atom. The zero-order chi connectivity index (χ0) is 25.8. The lowest BCUT2D eigenvalue weighted by Crippen LogP contribution is -2.40. The first-order chi connectivity index (χ1) is 18.0. The van der Waals surface area contributed by atoms with E-state index in [1.165, 1.54) is 35.9 Å². The second-order valence-corrected chi connectivity index (χ2v) is 12.3. The second kappa shape index (κ2) is 12.2. The first-order valence-electron chi connectivity index (χ1n) is 13.9. The molecule has 2 heterocycles. The molecular weight excluding hydrogens is 500 g/mol. The summed E-state index contributed by atoms with van der Waals surface area (Å²) in [5.41, 5.74) is 3.84. The van der Waals surface area contributed by atoms with E-state index in [4.69, 9.17) is 16.3 Å². The summed E-state index contributed by atoms with van der Waals surface area (Å²) >= 11 is 7.81. The molecule has 2 aromatic rings. The molecule has 0 aromatic heterocycles.